The van der Waals surface area contributed by atoms with E-state index in [9.17, 15) is 9.90 Å². The fourth-order valence-corrected chi connectivity index (χ4v) is 2.33. The summed E-state index contributed by atoms with van der Waals surface area (Å²) in [5.41, 5.74) is 4.69. The van der Waals surface area contributed by atoms with Gasteiger partial charge in [-0.2, -0.15) is 10.2 Å². The van der Waals surface area contributed by atoms with Crippen molar-refractivity contribution in [2.24, 2.45) is 5.10 Å². The zero-order valence-electron chi connectivity index (χ0n) is 14.1. The van der Waals surface area contributed by atoms with E-state index in [0.29, 0.717) is 23.6 Å². The molecule has 0 spiro atoms. The van der Waals surface area contributed by atoms with Gasteiger partial charge < -0.3 is 9.84 Å². The number of hydrogen-bond acceptors (Lipinski definition) is 5. The van der Waals surface area contributed by atoms with Gasteiger partial charge in [0.15, 0.2) is 11.5 Å². The molecule has 7 heteroatoms. The van der Waals surface area contributed by atoms with Gasteiger partial charge in [-0.25, -0.2) is 5.43 Å². The first kappa shape index (κ1) is 17.2. The van der Waals surface area contributed by atoms with Crippen molar-refractivity contribution < 1.29 is 14.6 Å². The van der Waals surface area contributed by atoms with Crippen LogP contribution in [0.2, 0.25) is 0 Å². The third-order valence-electron chi connectivity index (χ3n) is 3.59. The average Bonchev–Trinajstić information content (AvgIpc) is 3.16. The highest BCUT2D eigenvalue weighted by Crippen LogP contribution is 2.28. The number of ether oxygens (including phenoxy) is 1. The van der Waals surface area contributed by atoms with Gasteiger partial charge in [0.25, 0.3) is 5.91 Å². The van der Waals surface area contributed by atoms with Crippen LogP contribution in [0.5, 0.6) is 11.5 Å². The quantitative estimate of drug-likeness (QED) is 0.470. The van der Waals surface area contributed by atoms with Gasteiger partial charge in [0.2, 0.25) is 0 Å². The first-order valence-electron chi connectivity index (χ1n) is 8.08. The number of phenols is 1. The Kier molecular flexibility index (Phi) is 5.28. The fraction of sp³-hybridized carbons (Fsp3) is 0.105. The van der Waals surface area contributed by atoms with Gasteiger partial charge in [0.1, 0.15) is 5.69 Å². The molecule has 0 atom stereocenters. The van der Waals surface area contributed by atoms with Crippen molar-refractivity contribution in [2.75, 3.05) is 6.61 Å². The lowest BCUT2D eigenvalue weighted by Gasteiger charge is -2.07. The lowest BCUT2D eigenvalue weighted by atomic mass is 10.1. The Hall–Kier alpha value is -3.61. The van der Waals surface area contributed by atoms with Crippen LogP contribution in [-0.2, 0) is 0 Å². The largest absolute Gasteiger partial charge is 0.504 e. The molecule has 0 aliphatic carbocycles. The Balaban J connectivity index is 1.67. The molecule has 3 aromatic rings. The van der Waals surface area contributed by atoms with Crippen molar-refractivity contribution in [3.63, 3.8) is 0 Å². The molecule has 132 valence electrons. The summed E-state index contributed by atoms with van der Waals surface area (Å²) < 4.78 is 5.31. The monoisotopic (exact) mass is 350 g/mol. The molecular formula is C19H18N4O3. The maximum Gasteiger partial charge on any atom is 0.289 e. The maximum atomic E-state index is 12.2. The SMILES string of the molecule is CCOc1cccc(C=NNC(=O)c2cc(-c3ccccc3)n[nH]2)c1O. The summed E-state index contributed by atoms with van der Waals surface area (Å²) in [7, 11) is 0. The standard InChI is InChI=1S/C19H18N4O3/c1-2-26-17-10-6-9-14(18(17)24)12-20-23-19(25)16-11-15(21-22-16)13-7-4-3-5-8-13/h3-12,24H,2H2,1H3,(H,21,22)(H,23,25). The summed E-state index contributed by atoms with van der Waals surface area (Å²) in [5.74, 6) is -0.0968. The second-order valence-electron chi connectivity index (χ2n) is 5.36. The number of phenolic OH excluding ortho intramolecular Hbond substituents is 1. The van der Waals surface area contributed by atoms with Crippen molar-refractivity contribution in [1.29, 1.82) is 0 Å². The van der Waals surface area contributed by atoms with Crippen LogP contribution in [0.15, 0.2) is 59.7 Å². The molecule has 0 unspecified atom stereocenters. The van der Waals surface area contributed by atoms with Crippen molar-refractivity contribution in [2.45, 2.75) is 6.92 Å². The van der Waals surface area contributed by atoms with Crippen LogP contribution in [0.4, 0.5) is 0 Å². The minimum Gasteiger partial charge on any atom is -0.504 e. The zero-order valence-corrected chi connectivity index (χ0v) is 14.1. The van der Waals surface area contributed by atoms with Crippen LogP contribution >= 0.6 is 0 Å². The van der Waals surface area contributed by atoms with Crippen molar-refractivity contribution in [1.82, 2.24) is 15.6 Å². The Labute approximate surface area is 150 Å². The van der Waals surface area contributed by atoms with Gasteiger partial charge >= 0.3 is 0 Å². The maximum absolute atomic E-state index is 12.2. The van der Waals surface area contributed by atoms with Crippen LogP contribution in [-0.4, -0.2) is 34.0 Å². The highest BCUT2D eigenvalue weighted by Gasteiger charge is 2.10. The molecule has 0 fully saturated rings. The molecule has 0 saturated heterocycles. The number of benzene rings is 2. The molecular weight excluding hydrogens is 332 g/mol. The van der Waals surface area contributed by atoms with Crippen LogP contribution in [0.3, 0.4) is 0 Å². The molecule has 1 aromatic heterocycles. The Morgan fingerprint density at radius 3 is 2.85 bits per heavy atom. The van der Waals surface area contributed by atoms with E-state index in [0.717, 1.165) is 5.56 Å². The highest BCUT2D eigenvalue weighted by atomic mass is 16.5. The summed E-state index contributed by atoms with van der Waals surface area (Å²) in [4.78, 5) is 12.2. The van der Waals surface area contributed by atoms with Gasteiger partial charge in [-0.15, -0.1) is 0 Å². The van der Waals surface area contributed by atoms with Crippen LogP contribution in [0.25, 0.3) is 11.3 Å². The molecule has 1 heterocycles. The lowest BCUT2D eigenvalue weighted by molar-refractivity contribution is 0.0950. The second-order valence-corrected chi connectivity index (χ2v) is 5.36. The van der Waals surface area contributed by atoms with E-state index in [4.69, 9.17) is 4.74 Å². The van der Waals surface area contributed by atoms with E-state index in [1.54, 1.807) is 24.3 Å². The zero-order chi connectivity index (χ0) is 18.4. The van der Waals surface area contributed by atoms with E-state index in [-0.39, 0.29) is 11.4 Å². The van der Waals surface area contributed by atoms with Gasteiger partial charge in [0.05, 0.1) is 18.5 Å². The predicted octanol–water partition coefficient (Wildman–Crippen LogP) is 2.94. The van der Waals surface area contributed by atoms with E-state index in [1.807, 2.05) is 37.3 Å². The second kappa shape index (κ2) is 7.98. The number of rotatable bonds is 6. The fourth-order valence-electron chi connectivity index (χ4n) is 2.33. The summed E-state index contributed by atoms with van der Waals surface area (Å²) >= 11 is 0. The molecule has 7 nitrogen and oxygen atoms in total. The summed E-state index contributed by atoms with van der Waals surface area (Å²) in [6.45, 7) is 2.27. The number of carbonyl (C=O) groups is 1. The number of aromatic hydroxyl groups is 1. The average molecular weight is 350 g/mol. The third kappa shape index (κ3) is 3.89. The van der Waals surface area contributed by atoms with Crippen LogP contribution < -0.4 is 10.2 Å². The Morgan fingerprint density at radius 1 is 1.27 bits per heavy atom. The first-order chi connectivity index (χ1) is 12.7. The number of hydrazone groups is 1. The topological polar surface area (TPSA) is 99.6 Å². The van der Waals surface area contributed by atoms with Gasteiger partial charge in [-0.1, -0.05) is 36.4 Å². The number of amides is 1. The normalized spacial score (nSPS) is 10.8. The van der Waals surface area contributed by atoms with Crippen molar-refractivity contribution >= 4 is 12.1 Å². The van der Waals surface area contributed by atoms with Crippen molar-refractivity contribution in [3.8, 4) is 22.8 Å². The number of hydrogen-bond donors (Lipinski definition) is 3. The first-order valence-corrected chi connectivity index (χ1v) is 8.08. The minimum atomic E-state index is -0.434. The summed E-state index contributed by atoms with van der Waals surface area (Å²) in [6.07, 6.45) is 1.35. The number of nitrogens with one attached hydrogen (secondary N) is 2. The molecule has 0 radical (unpaired) electrons. The molecule has 3 rings (SSSR count). The lowest BCUT2D eigenvalue weighted by Crippen LogP contribution is -2.18. The smallest absolute Gasteiger partial charge is 0.289 e. The molecule has 0 aliphatic heterocycles. The van der Waals surface area contributed by atoms with E-state index < -0.39 is 5.91 Å². The number of carbonyl (C=O) groups excluding carboxylic acids is 1. The number of aromatic amines is 1. The number of aromatic nitrogens is 2. The van der Waals surface area contributed by atoms with Crippen LogP contribution in [0.1, 0.15) is 23.0 Å². The number of nitrogens with zero attached hydrogens (tertiary/aromatic N) is 2. The molecule has 1 amide bonds. The van der Waals surface area contributed by atoms with E-state index in [2.05, 4.69) is 20.7 Å². The van der Waals surface area contributed by atoms with Crippen LogP contribution in [0, 0.1) is 0 Å². The number of H-pyrrole nitrogens is 1. The molecule has 26 heavy (non-hydrogen) atoms. The highest BCUT2D eigenvalue weighted by molar-refractivity contribution is 5.94. The molecule has 3 N–H and O–H groups in total. The van der Waals surface area contributed by atoms with E-state index >= 15 is 0 Å². The van der Waals surface area contributed by atoms with Crippen molar-refractivity contribution in [3.05, 3.63) is 65.9 Å². The van der Waals surface area contributed by atoms with Gasteiger partial charge in [-0.05, 0) is 25.1 Å². The molecule has 0 aliphatic rings. The Bertz CT molecular complexity index is 920. The molecule has 0 bridgehead atoms. The molecule has 2 aromatic carbocycles. The third-order valence-corrected chi connectivity index (χ3v) is 3.59. The number of para-hydroxylation sites is 1. The summed E-state index contributed by atoms with van der Waals surface area (Å²) in [5, 5.41) is 20.8. The Morgan fingerprint density at radius 2 is 2.08 bits per heavy atom. The summed E-state index contributed by atoms with van der Waals surface area (Å²) in [6, 6.07) is 16.2. The van der Waals surface area contributed by atoms with Gasteiger partial charge in [0, 0.05) is 11.1 Å². The molecule has 0 saturated carbocycles. The van der Waals surface area contributed by atoms with E-state index in [1.165, 1.54) is 6.21 Å². The van der Waals surface area contributed by atoms with Gasteiger partial charge in [-0.3, -0.25) is 9.89 Å². The minimum absolute atomic E-state index is 0.0275. The predicted molar refractivity (Wildman–Crippen MR) is 98.4 cm³/mol.